The van der Waals surface area contributed by atoms with Gasteiger partial charge in [0.2, 0.25) is 0 Å². The van der Waals surface area contributed by atoms with Crippen LogP contribution in [0.15, 0.2) is 12.2 Å². The second-order valence-corrected chi connectivity index (χ2v) is 4.18. The predicted molar refractivity (Wildman–Crippen MR) is 51.8 cm³/mol. The second kappa shape index (κ2) is 3.73. The van der Waals surface area contributed by atoms with Crippen LogP contribution >= 0.6 is 0 Å². The maximum atomic E-state index is 11.1. The summed E-state index contributed by atoms with van der Waals surface area (Å²) in [7, 11) is 0. The molecular weight excluding hydrogens is 180 g/mol. The van der Waals surface area contributed by atoms with E-state index in [9.17, 15) is 4.79 Å². The van der Waals surface area contributed by atoms with E-state index in [0.29, 0.717) is 30.3 Å². The fourth-order valence-electron chi connectivity index (χ4n) is 2.08. The maximum absolute atomic E-state index is 11.1. The largest absolute Gasteiger partial charge is 0.462 e. The summed E-state index contributed by atoms with van der Waals surface area (Å²) in [5, 5.41) is 0. The standard InChI is InChI=1S/C11H16O3/c1-7(2)11(12)13-6-5-8-3-4-9-10(8)14-9/h8-10H,1,3-6H2,2H3. The minimum absolute atomic E-state index is 0.281. The van der Waals surface area contributed by atoms with Crippen LogP contribution in [0, 0.1) is 5.92 Å². The summed E-state index contributed by atoms with van der Waals surface area (Å²) in [6.45, 7) is 5.70. The van der Waals surface area contributed by atoms with E-state index < -0.39 is 0 Å². The van der Waals surface area contributed by atoms with E-state index in [2.05, 4.69) is 6.58 Å². The molecule has 2 rings (SSSR count). The van der Waals surface area contributed by atoms with Crippen LogP contribution in [0.3, 0.4) is 0 Å². The summed E-state index contributed by atoms with van der Waals surface area (Å²) in [4.78, 5) is 11.1. The average molecular weight is 196 g/mol. The Kier molecular flexibility index (Phi) is 2.59. The molecule has 0 spiro atoms. The van der Waals surface area contributed by atoms with Crippen molar-refractivity contribution >= 4 is 5.97 Å². The third-order valence-corrected chi connectivity index (χ3v) is 2.98. The van der Waals surface area contributed by atoms with E-state index in [1.807, 2.05) is 0 Å². The number of ether oxygens (including phenoxy) is 2. The van der Waals surface area contributed by atoms with E-state index in [4.69, 9.17) is 9.47 Å². The molecule has 14 heavy (non-hydrogen) atoms. The SMILES string of the molecule is C=C(C)C(=O)OCCC1CCC2OC12. The second-order valence-electron chi connectivity index (χ2n) is 4.18. The number of rotatable bonds is 4. The van der Waals surface area contributed by atoms with Gasteiger partial charge in [-0.25, -0.2) is 4.79 Å². The molecular formula is C11H16O3. The van der Waals surface area contributed by atoms with Crippen molar-refractivity contribution in [2.45, 2.75) is 38.4 Å². The molecule has 3 unspecified atom stereocenters. The molecule has 1 saturated heterocycles. The van der Waals surface area contributed by atoms with E-state index in [-0.39, 0.29) is 5.97 Å². The third-order valence-electron chi connectivity index (χ3n) is 2.98. The molecule has 0 bridgehead atoms. The van der Waals surface area contributed by atoms with E-state index in [1.165, 1.54) is 12.8 Å². The van der Waals surface area contributed by atoms with Gasteiger partial charge in [0.1, 0.15) is 0 Å². The molecule has 1 aliphatic carbocycles. The Balaban J connectivity index is 1.63. The number of epoxide rings is 1. The molecule has 3 nitrogen and oxygen atoms in total. The molecule has 0 radical (unpaired) electrons. The van der Waals surface area contributed by atoms with Crippen LogP contribution < -0.4 is 0 Å². The Morgan fingerprint density at radius 3 is 2.86 bits per heavy atom. The van der Waals surface area contributed by atoms with Gasteiger partial charge in [-0.15, -0.1) is 0 Å². The zero-order chi connectivity index (χ0) is 10.1. The Hall–Kier alpha value is -0.830. The van der Waals surface area contributed by atoms with Crippen molar-refractivity contribution < 1.29 is 14.3 Å². The molecule has 0 N–H and O–H groups in total. The van der Waals surface area contributed by atoms with E-state index >= 15 is 0 Å². The van der Waals surface area contributed by atoms with Crippen molar-refractivity contribution in [1.82, 2.24) is 0 Å². The molecule has 0 aromatic heterocycles. The highest BCUT2D eigenvalue weighted by Gasteiger charge is 2.49. The van der Waals surface area contributed by atoms with Crippen LogP contribution in [0.2, 0.25) is 0 Å². The van der Waals surface area contributed by atoms with Crippen molar-refractivity contribution in [3.63, 3.8) is 0 Å². The van der Waals surface area contributed by atoms with Gasteiger partial charge in [-0.3, -0.25) is 0 Å². The van der Waals surface area contributed by atoms with Crippen molar-refractivity contribution in [3.8, 4) is 0 Å². The lowest BCUT2D eigenvalue weighted by Crippen LogP contribution is -2.12. The van der Waals surface area contributed by atoms with E-state index in [0.717, 1.165) is 6.42 Å². The summed E-state index contributed by atoms with van der Waals surface area (Å²) in [6.07, 6.45) is 4.33. The Morgan fingerprint density at radius 1 is 1.57 bits per heavy atom. The molecule has 1 saturated carbocycles. The first kappa shape index (κ1) is 9.71. The number of carbonyl (C=O) groups excluding carboxylic acids is 1. The highest BCUT2D eigenvalue weighted by atomic mass is 16.6. The number of esters is 1. The first-order valence-electron chi connectivity index (χ1n) is 5.16. The quantitative estimate of drug-likeness (QED) is 0.390. The third kappa shape index (κ3) is 1.98. The summed E-state index contributed by atoms with van der Waals surface area (Å²) >= 11 is 0. The van der Waals surface area contributed by atoms with Gasteiger partial charge in [0.05, 0.1) is 18.8 Å². The normalized spacial score (nSPS) is 33.6. The van der Waals surface area contributed by atoms with Gasteiger partial charge in [-0.1, -0.05) is 6.58 Å². The van der Waals surface area contributed by atoms with Crippen LogP contribution in [-0.2, 0) is 14.3 Å². The van der Waals surface area contributed by atoms with E-state index in [1.54, 1.807) is 6.92 Å². The fraction of sp³-hybridized carbons (Fsp3) is 0.727. The highest BCUT2D eigenvalue weighted by Crippen LogP contribution is 2.44. The molecule has 2 aliphatic rings. The van der Waals surface area contributed by atoms with Gasteiger partial charge in [-0.2, -0.15) is 0 Å². The van der Waals surface area contributed by atoms with Crippen molar-refractivity contribution in [1.29, 1.82) is 0 Å². The molecule has 0 aromatic rings. The summed E-state index contributed by atoms with van der Waals surface area (Å²) < 4.78 is 10.5. The topological polar surface area (TPSA) is 38.8 Å². The molecule has 3 heteroatoms. The van der Waals surface area contributed by atoms with Gasteiger partial charge < -0.3 is 9.47 Å². The number of carbonyl (C=O) groups is 1. The van der Waals surface area contributed by atoms with Gasteiger partial charge in [-0.05, 0) is 32.1 Å². The summed E-state index contributed by atoms with van der Waals surface area (Å²) in [5.41, 5.74) is 0.469. The Morgan fingerprint density at radius 2 is 2.36 bits per heavy atom. The van der Waals surface area contributed by atoms with Gasteiger partial charge >= 0.3 is 5.97 Å². The zero-order valence-electron chi connectivity index (χ0n) is 8.49. The maximum Gasteiger partial charge on any atom is 0.333 e. The summed E-state index contributed by atoms with van der Waals surface area (Å²) in [5.74, 6) is 0.328. The minimum Gasteiger partial charge on any atom is -0.462 e. The first-order chi connectivity index (χ1) is 6.68. The number of hydrogen-bond acceptors (Lipinski definition) is 3. The van der Waals surface area contributed by atoms with Gasteiger partial charge in [0.15, 0.2) is 0 Å². The monoisotopic (exact) mass is 196 g/mol. The van der Waals surface area contributed by atoms with Crippen LogP contribution in [0.4, 0.5) is 0 Å². The predicted octanol–water partition coefficient (Wildman–Crippen LogP) is 1.67. The van der Waals surface area contributed by atoms with Crippen molar-refractivity contribution in [3.05, 3.63) is 12.2 Å². The number of fused-ring (bicyclic) bond motifs is 1. The highest BCUT2D eigenvalue weighted by molar-refractivity contribution is 5.86. The number of hydrogen-bond donors (Lipinski definition) is 0. The average Bonchev–Trinajstić information content (AvgIpc) is 2.82. The Labute approximate surface area is 84.1 Å². The molecule has 3 atom stereocenters. The zero-order valence-corrected chi connectivity index (χ0v) is 8.49. The van der Waals surface area contributed by atoms with Gasteiger partial charge in [0, 0.05) is 5.57 Å². The first-order valence-corrected chi connectivity index (χ1v) is 5.16. The van der Waals surface area contributed by atoms with Gasteiger partial charge in [0.25, 0.3) is 0 Å². The molecule has 0 aromatic carbocycles. The van der Waals surface area contributed by atoms with Crippen LogP contribution in [-0.4, -0.2) is 24.8 Å². The van der Waals surface area contributed by atoms with Crippen LogP contribution in [0.1, 0.15) is 26.2 Å². The lowest BCUT2D eigenvalue weighted by atomic mass is 10.0. The minimum atomic E-state index is -0.281. The summed E-state index contributed by atoms with van der Waals surface area (Å²) in [6, 6.07) is 0. The van der Waals surface area contributed by atoms with Crippen molar-refractivity contribution in [2.75, 3.05) is 6.61 Å². The molecule has 1 heterocycles. The fourth-order valence-corrected chi connectivity index (χ4v) is 2.08. The molecule has 2 fully saturated rings. The molecule has 0 amide bonds. The molecule has 78 valence electrons. The lowest BCUT2D eigenvalue weighted by Gasteiger charge is -2.10. The van der Waals surface area contributed by atoms with Crippen LogP contribution in [0.25, 0.3) is 0 Å². The smallest absolute Gasteiger partial charge is 0.333 e. The van der Waals surface area contributed by atoms with Crippen LogP contribution in [0.5, 0.6) is 0 Å². The lowest BCUT2D eigenvalue weighted by molar-refractivity contribution is -0.139. The molecule has 1 aliphatic heterocycles. The van der Waals surface area contributed by atoms with Crippen molar-refractivity contribution in [2.24, 2.45) is 5.92 Å². The Bertz CT molecular complexity index is 259.